The molecule has 0 bridgehead atoms. The SMILES string of the molecule is COc1ccccc1OCc1ccc([N+](=O)[O-])cc1. The second kappa shape index (κ2) is 5.86. The van der Waals surface area contributed by atoms with E-state index >= 15 is 0 Å². The molecule has 2 aromatic rings. The van der Waals surface area contributed by atoms with Crippen LogP contribution in [-0.4, -0.2) is 12.0 Å². The van der Waals surface area contributed by atoms with Gasteiger partial charge in [-0.05, 0) is 29.8 Å². The van der Waals surface area contributed by atoms with Crippen LogP contribution in [0.1, 0.15) is 5.56 Å². The zero-order valence-electron chi connectivity index (χ0n) is 10.4. The Morgan fingerprint density at radius 3 is 2.26 bits per heavy atom. The average Bonchev–Trinajstić information content (AvgIpc) is 2.45. The predicted molar refractivity (Wildman–Crippen MR) is 70.4 cm³/mol. The molecule has 0 aliphatic heterocycles. The van der Waals surface area contributed by atoms with Gasteiger partial charge in [-0.25, -0.2) is 0 Å². The van der Waals surface area contributed by atoms with Gasteiger partial charge in [-0.2, -0.15) is 0 Å². The highest BCUT2D eigenvalue weighted by molar-refractivity contribution is 5.39. The van der Waals surface area contributed by atoms with Crippen molar-refractivity contribution >= 4 is 5.69 Å². The Morgan fingerprint density at radius 1 is 1.05 bits per heavy atom. The molecule has 98 valence electrons. The second-order valence-corrected chi connectivity index (χ2v) is 3.86. The third-order valence-corrected chi connectivity index (χ3v) is 2.61. The molecule has 0 saturated heterocycles. The molecule has 0 atom stereocenters. The van der Waals surface area contributed by atoms with Gasteiger partial charge >= 0.3 is 0 Å². The number of nitro groups is 1. The molecular weight excluding hydrogens is 246 g/mol. The Kier molecular flexibility index (Phi) is 3.97. The van der Waals surface area contributed by atoms with Crippen LogP contribution in [0.2, 0.25) is 0 Å². The van der Waals surface area contributed by atoms with Crippen LogP contribution in [0, 0.1) is 10.1 Å². The van der Waals surface area contributed by atoms with Crippen molar-refractivity contribution in [2.75, 3.05) is 7.11 Å². The van der Waals surface area contributed by atoms with Crippen molar-refractivity contribution in [2.24, 2.45) is 0 Å². The number of hydrogen-bond acceptors (Lipinski definition) is 4. The first-order chi connectivity index (χ1) is 9.20. The molecule has 0 heterocycles. The van der Waals surface area contributed by atoms with E-state index in [1.54, 1.807) is 19.2 Å². The summed E-state index contributed by atoms with van der Waals surface area (Å²) >= 11 is 0. The fourth-order valence-electron chi connectivity index (χ4n) is 1.61. The summed E-state index contributed by atoms with van der Waals surface area (Å²) in [6, 6.07) is 13.6. The zero-order valence-corrected chi connectivity index (χ0v) is 10.4. The number of hydrogen-bond donors (Lipinski definition) is 0. The van der Waals surface area contributed by atoms with Crippen LogP contribution in [0.5, 0.6) is 11.5 Å². The molecule has 0 spiro atoms. The number of non-ortho nitro benzene ring substituents is 1. The summed E-state index contributed by atoms with van der Waals surface area (Å²) in [5.41, 5.74) is 0.928. The molecule has 19 heavy (non-hydrogen) atoms. The maximum absolute atomic E-state index is 10.5. The lowest BCUT2D eigenvalue weighted by Gasteiger charge is -2.10. The highest BCUT2D eigenvalue weighted by atomic mass is 16.6. The summed E-state index contributed by atoms with van der Waals surface area (Å²) in [7, 11) is 1.58. The van der Waals surface area contributed by atoms with Gasteiger partial charge in [0.05, 0.1) is 12.0 Å². The minimum absolute atomic E-state index is 0.0704. The molecule has 2 aromatic carbocycles. The first-order valence-electron chi connectivity index (χ1n) is 5.70. The molecule has 5 nitrogen and oxygen atoms in total. The second-order valence-electron chi connectivity index (χ2n) is 3.86. The lowest BCUT2D eigenvalue weighted by Crippen LogP contribution is -1.97. The van der Waals surface area contributed by atoms with E-state index in [0.29, 0.717) is 18.1 Å². The summed E-state index contributed by atoms with van der Waals surface area (Å²) in [5, 5.41) is 10.5. The molecule has 0 aliphatic carbocycles. The minimum Gasteiger partial charge on any atom is -0.493 e. The maximum Gasteiger partial charge on any atom is 0.269 e. The van der Waals surface area contributed by atoms with Gasteiger partial charge in [-0.3, -0.25) is 10.1 Å². The first kappa shape index (κ1) is 12.9. The highest BCUT2D eigenvalue weighted by Crippen LogP contribution is 2.26. The van der Waals surface area contributed by atoms with Gasteiger partial charge in [0.15, 0.2) is 11.5 Å². The van der Waals surface area contributed by atoms with Crippen molar-refractivity contribution < 1.29 is 14.4 Å². The summed E-state index contributed by atoms with van der Waals surface area (Å²) in [4.78, 5) is 10.1. The number of ether oxygens (including phenoxy) is 2. The van der Waals surface area contributed by atoms with Crippen LogP contribution < -0.4 is 9.47 Å². The topological polar surface area (TPSA) is 61.6 Å². The monoisotopic (exact) mass is 259 g/mol. The molecule has 0 fully saturated rings. The van der Waals surface area contributed by atoms with Gasteiger partial charge < -0.3 is 9.47 Å². The van der Waals surface area contributed by atoms with Crippen molar-refractivity contribution in [1.29, 1.82) is 0 Å². The Bertz CT molecular complexity index is 566. The first-order valence-corrected chi connectivity index (χ1v) is 5.70. The number of nitro benzene ring substituents is 1. The molecule has 0 saturated carbocycles. The van der Waals surface area contributed by atoms with E-state index in [9.17, 15) is 10.1 Å². The summed E-state index contributed by atoms with van der Waals surface area (Å²) in [6.45, 7) is 0.332. The fraction of sp³-hybridized carbons (Fsp3) is 0.143. The third-order valence-electron chi connectivity index (χ3n) is 2.61. The Morgan fingerprint density at radius 2 is 1.68 bits per heavy atom. The van der Waals surface area contributed by atoms with Crippen molar-refractivity contribution in [3.05, 3.63) is 64.2 Å². The number of methoxy groups -OCH3 is 1. The number of rotatable bonds is 5. The Hall–Kier alpha value is -2.56. The maximum atomic E-state index is 10.5. The van der Waals surface area contributed by atoms with Gasteiger partial charge in [0.2, 0.25) is 0 Å². The van der Waals surface area contributed by atoms with Crippen LogP contribution in [-0.2, 0) is 6.61 Å². The summed E-state index contributed by atoms with van der Waals surface area (Å²) < 4.78 is 10.8. The van der Waals surface area contributed by atoms with Gasteiger partial charge in [-0.15, -0.1) is 0 Å². The molecule has 0 N–H and O–H groups in total. The van der Waals surface area contributed by atoms with Gasteiger partial charge in [0, 0.05) is 12.1 Å². The molecule has 5 heteroatoms. The number of para-hydroxylation sites is 2. The summed E-state index contributed by atoms with van der Waals surface area (Å²) in [6.07, 6.45) is 0. The van der Waals surface area contributed by atoms with E-state index in [1.807, 2.05) is 24.3 Å². The Labute approximate surface area is 110 Å². The predicted octanol–water partition coefficient (Wildman–Crippen LogP) is 3.18. The van der Waals surface area contributed by atoms with Gasteiger partial charge in [-0.1, -0.05) is 12.1 Å². The van der Waals surface area contributed by atoms with E-state index in [4.69, 9.17) is 9.47 Å². The van der Waals surface area contributed by atoms with E-state index in [0.717, 1.165) is 5.56 Å². The van der Waals surface area contributed by atoms with Gasteiger partial charge in [0.25, 0.3) is 5.69 Å². The van der Waals surface area contributed by atoms with E-state index in [1.165, 1.54) is 12.1 Å². The van der Waals surface area contributed by atoms with Crippen molar-refractivity contribution in [1.82, 2.24) is 0 Å². The highest BCUT2D eigenvalue weighted by Gasteiger charge is 2.06. The summed E-state index contributed by atoms with van der Waals surface area (Å²) in [5.74, 6) is 1.30. The van der Waals surface area contributed by atoms with Crippen LogP contribution in [0.3, 0.4) is 0 Å². The molecular formula is C14H13NO4. The van der Waals surface area contributed by atoms with Gasteiger partial charge in [0.1, 0.15) is 6.61 Å². The minimum atomic E-state index is -0.426. The fourth-order valence-corrected chi connectivity index (χ4v) is 1.61. The normalized spacial score (nSPS) is 9.95. The van der Waals surface area contributed by atoms with Crippen molar-refractivity contribution in [3.8, 4) is 11.5 Å². The molecule has 0 aromatic heterocycles. The van der Waals surface area contributed by atoms with E-state index in [-0.39, 0.29) is 5.69 Å². The standard InChI is InChI=1S/C14H13NO4/c1-18-13-4-2-3-5-14(13)19-10-11-6-8-12(9-7-11)15(16)17/h2-9H,10H2,1H3. The average molecular weight is 259 g/mol. The van der Waals surface area contributed by atoms with Crippen LogP contribution in [0.15, 0.2) is 48.5 Å². The largest absolute Gasteiger partial charge is 0.493 e. The number of nitrogens with zero attached hydrogens (tertiary/aromatic N) is 1. The van der Waals surface area contributed by atoms with Crippen molar-refractivity contribution in [2.45, 2.75) is 6.61 Å². The third kappa shape index (κ3) is 3.22. The molecule has 0 amide bonds. The lowest BCUT2D eigenvalue weighted by molar-refractivity contribution is -0.384. The molecule has 2 rings (SSSR count). The zero-order chi connectivity index (χ0) is 13.7. The van der Waals surface area contributed by atoms with Crippen LogP contribution in [0.4, 0.5) is 5.69 Å². The molecule has 0 aliphatic rings. The van der Waals surface area contributed by atoms with Crippen LogP contribution in [0.25, 0.3) is 0 Å². The van der Waals surface area contributed by atoms with Crippen LogP contribution >= 0.6 is 0 Å². The van der Waals surface area contributed by atoms with E-state index in [2.05, 4.69) is 0 Å². The smallest absolute Gasteiger partial charge is 0.269 e. The number of benzene rings is 2. The van der Waals surface area contributed by atoms with Crippen molar-refractivity contribution in [3.63, 3.8) is 0 Å². The quantitative estimate of drug-likeness (QED) is 0.611. The Balaban J connectivity index is 2.04. The molecule has 0 unspecified atom stereocenters. The van der Waals surface area contributed by atoms with E-state index < -0.39 is 4.92 Å². The lowest BCUT2D eigenvalue weighted by atomic mass is 10.2. The molecule has 0 radical (unpaired) electrons.